The maximum atomic E-state index is 13.5. The van der Waals surface area contributed by atoms with Gasteiger partial charge in [-0.25, -0.2) is 4.79 Å². The smallest absolute Gasteiger partial charge is 0.337 e. The lowest BCUT2D eigenvalue weighted by atomic mass is 9.66. The number of hydrogen-bond donors (Lipinski definition) is 2. The maximum absolute atomic E-state index is 13.5. The van der Waals surface area contributed by atoms with Gasteiger partial charge in [-0.2, -0.15) is 0 Å². The minimum Gasteiger partial charge on any atom is -0.484 e. The fourth-order valence-corrected chi connectivity index (χ4v) is 4.78. The number of nitrogens with one attached hydrogen (secondary N) is 1. The Labute approximate surface area is 222 Å². The standard InChI is InChI=1S/C28H35ClN2O6/c1-18(2)24(30-23(32)16-37-22-12-6-19(7-13-22)26(34)36-5)25(33)31-15-14-28(35,27(3,4)17-31)20-8-10-21(29)11-9-20/h6-13,18,24,35H,14-17H2,1-5H3,(H,30,32)/t24-,28+/m1/s1. The number of carbonyl (C=O) groups excluding carboxylic acids is 3. The summed E-state index contributed by atoms with van der Waals surface area (Å²) in [6, 6.07) is 12.6. The first kappa shape index (κ1) is 28.5. The van der Waals surface area contributed by atoms with E-state index in [1.165, 1.54) is 7.11 Å². The number of amides is 2. The van der Waals surface area contributed by atoms with Crippen LogP contribution < -0.4 is 10.1 Å². The van der Waals surface area contributed by atoms with Crippen molar-refractivity contribution in [2.24, 2.45) is 11.3 Å². The molecule has 0 unspecified atom stereocenters. The van der Waals surface area contributed by atoms with Crippen molar-refractivity contribution in [3.05, 3.63) is 64.7 Å². The van der Waals surface area contributed by atoms with Crippen LogP contribution in [0.1, 0.15) is 50.0 Å². The van der Waals surface area contributed by atoms with Crippen LogP contribution in [0.25, 0.3) is 0 Å². The van der Waals surface area contributed by atoms with Crippen LogP contribution in [0.5, 0.6) is 5.75 Å². The molecule has 2 atom stereocenters. The molecule has 0 aromatic heterocycles. The molecule has 8 nitrogen and oxygen atoms in total. The van der Waals surface area contributed by atoms with Crippen molar-refractivity contribution >= 4 is 29.4 Å². The van der Waals surface area contributed by atoms with E-state index in [2.05, 4.69) is 10.1 Å². The van der Waals surface area contributed by atoms with Gasteiger partial charge in [-0.05, 0) is 54.3 Å². The van der Waals surface area contributed by atoms with Crippen molar-refractivity contribution in [2.75, 3.05) is 26.8 Å². The third-order valence-electron chi connectivity index (χ3n) is 6.98. The molecule has 200 valence electrons. The highest BCUT2D eigenvalue weighted by Crippen LogP contribution is 2.46. The van der Waals surface area contributed by atoms with Crippen LogP contribution in [-0.4, -0.2) is 60.6 Å². The van der Waals surface area contributed by atoms with Gasteiger partial charge in [0.1, 0.15) is 11.8 Å². The molecule has 0 radical (unpaired) electrons. The lowest BCUT2D eigenvalue weighted by molar-refractivity contribution is -0.156. The number of ether oxygens (including phenoxy) is 2. The number of carbonyl (C=O) groups is 3. The fourth-order valence-electron chi connectivity index (χ4n) is 4.65. The Balaban J connectivity index is 1.63. The van der Waals surface area contributed by atoms with Crippen LogP contribution >= 0.6 is 11.6 Å². The summed E-state index contributed by atoms with van der Waals surface area (Å²) < 4.78 is 10.2. The van der Waals surface area contributed by atoms with Crippen molar-refractivity contribution in [3.63, 3.8) is 0 Å². The third-order valence-corrected chi connectivity index (χ3v) is 7.23. The summed E-state index contributed by atoms with van der Waals surface area (Å²) in [7, 11) is 1.30. The molecule has 1 fully saturated rings. The number of aliphatic hydroxyl groups is 1. The molecule has 2 amide bonds. The van der Waals surface area contributed by atoms with E-state index in [0.29, 0.717) is 35.8 Å². The van der Waals surface area contributed by atoms with E-state index in [4.69, 9.17) is 16.3 Å². The Morgan fingerprint density at radius 3 is 2.24 bits per heavy atom. The average molecular weight is 531 g/mol. The molecule has 1 aliphatic rings. The van der Waals surface area contributed by atoms with Gasteiger partial charge in [-0.3, -0.25) is 9.59 Å². The molecule has 1 heterocycles. The molecule has 0 aliphatic carbocycles. The van der Waals surface area contributed by atoms with Crippen LogP contribution in [0.15, 0.2) is 48.5 Å². The molecule has 1 aliphatic heterocycles. The first-order chi connectivity index (χ1) is 17.4. The van der Waals surface area contributed by atoms with Gasteiger partial charge in [0.25, 0.3) is 5.91 Å². The second kappa shape index (κ2) is 11.5. The molecule has 2 aromatic rings. The van der Waals surface area contributed by atoms with E-state index in [9.17, 15) is 19.5 Å². The van der Waals surface area contributed by atoms with Crippen LogP contribution in [-0.2, 0) is 19.9 Å². The predicted molar refractivity (Wildman–Crippen MR) is 140 cm³/mol. The van der Waals surface area contributed by atoms with Crippen molar-refractivity contribution in [3.8, 4) is 5.75 Å². The van der Waals surface area contributed by atoms with Gasteiger partial charge in [0.2, 0.25) is 5.91 Å². The second-order valence-corrected chi connectivity index (χ2v) is 10.8. The molecule has 0 saturated carbocycles. The average Bonchev–Trinajstić information content (AvgIpc) is 2.87. The maximum Gasteiger partial charge on any atom is 0.337 e. The molecule has 9 heteroatoms. The number of likely N-dealkylation sites (tertiary alicyclic amines) is 1. The normalized spacial score (nSPS) is 19.7. The topological polar surface area (TPSA) is 105 Å². The first-order valence-corrected chi connectivity index (χ1v) is 12.6. The van der Waals surface area contributed by atoms with Gasteiger partial charge in [-0.15, -0.1) is 0 Å². The van der Waals surface area contributed by atoms with Crippen molar-refractivity contribution < 1.29 is 29.0 Å². The van der Waals surface area contributed by atoms with Crippen LogP contribution in [0.4, 0.5) is 0 Å². The minimum absolute atomic E-state index is 0.157. The molecular weight excluding hydrogens is 496 g/mol. The highest BCUT2D eigenvalue weighted by Gasteiger charge is 2.50. The van der Waals surface area contributed by atoms with Crippen LogP contribution in [0, 0.1) is 11.3 Å². The number of rotatable bonds is 8. The summed E-state index contributed by atoms with van der Waals surface area (Å²) >= 11 is 6.02. The monoisotopic (exact) mass is 530 g/mol. The summed E-state index contributed by atoms with van der Waals surface area (Å²) in [5, 5.41) is 15.0. The fraction of sp³-hybridized carbons (Fsp3) is 0.464. The summed E-state index contributed by atoms with van der Waals surface area (Å²) in [5.41, 5.74) is -0.626. The zero-order valence-electron chi connectivity index (χ0n) is 21.9. The number of esters is 1. The lowest BCUT2D eigenvalue weighted by Gasteiger charge is -2.51. The molecular formula is C28H35ClN2O6. The number of nitrogens with zero attached hydrogens (tertiary/aromatic N) is 1. The zero-order valence-corrected chi connectivity index (χ0v) is 22.7. The van der Waals surface area contributed by atoms with E-state index in [1.54, 1.807) is 41.3 Å². The van der Waals surface area contributed by atoms with Gasteiger partial charge in [0.15, 0.2) is 6.61 Å². The third kappa shape index (κ3) is 6.43. The minimum atomic E-state index is -1.12. The number of halogens is 1. The Hall–Kier alpha value is -3.10. The quantitative estimate of drug-likeness (QED) is 0.503. The Morgan fingerprint density at radius 2 is 1.70 bits per heavy atom. The zero-order chi connectivity index (χ0) is 27.4. The number of piperidine rings is 1. The van der Waals surface area contributed by atoms with Gasteiger partial charge in [-0.1, -0.05) is 51.4 Å². The molecule has 37 heavy (non-hydrogen) atoms. The highest BCUT2D eigenvalue weighted by atomic mass is 35.5. The van der Waals surface area contributed by atoms with Crippen LogP contribution in [0.2, 0.25) is 5.02 Å². The van der Waals surface area contributed by atoms with Gasteiger partial charge in [0, 0.05) is 23.5 Å². The first-order valence-electron chi connectivity index (χ1n) is 12.3. The second-order valence-electron chi connectivity index (χ2n) is 10.4. The number of benzene rings is 2. The SMILES string of the molecule is COC(=O)c1ccc(OCC(=O)N[C@@H](C(=O)N2CC[C@](O)(c3ccc(Cl)cc3)C(C)(C)C2)C(C)C)cc1. The molecule has 1 saturated heterocycles. The van der Waals surface area contributed by atoms with Crippen molar-refractivity contribution in [1.82, 2.24) is 10.2 Å². The van der Waals surface area contributed by atoms with Gasteiger partial charge >= 0.3 is 5.97 Å². The Bertz CT molecular complexity index is 1120. The van der Waals surface area contributed by atoms with Crippen molar-refractivity contribution in [2.45, 2.75) is 45.8 Å². The van der Waals surface area contributed by atoms with E-state index >= 15 is 0 Å². The molecule has 2 N–H and O–H groups in total. The van der Waals surface area contributed by atoms with E-state index < -0.39 is 28.9 Å². The van der Waals surface area contributed by atoms with Gasteiger partial charge < -0.3 is 24.8 Å². The summed E-state index contributed by atoms with van der Waals surface area (Å²) in [6.45, 7) is 8.00. The Morgan fingerprint density at radius 1 is 1.08 bits per heavy atom. The molecule has 3 rings (SSSR count). The summed E-state index contributed by atoms with van der Waals surface area (Å²) in [4.78, 5) is 39.4. The largest absolute Gasteiger partial charge is 0.484 e. The highest BCUT2D eigenvalue weighted by molar-refractivity contribution is 6.30. The molecule has 0 spiro atoms. The van der Waals surface area contributed by atoms with E-state index in [1.807, 2.05) is 39.8 Å². The summed E-state index contributed by atoms with van der Waals surface area (Å²) in [6.07, 6.45) is 0.358. The van der Waals surface area contributed by atoms with Crippen LogP contribution in [0.3, 0.4) is 0 Å². The van der Waals surface area contributed by atoms with Gasteiger partial charge in [0.05, 0.1) is 18.3 Å². The number of hydrogen-bond acceptors (Lipinski definition) is 6. The van der Waals surface area contributed by atoms with Crippen molar-refractivity contribution in [1.29, 1.82) is 0 Å². The Kier molecular flexibility index (Phi) is 8.87. The lowest BCUT2D eigenvalue weighted by Crippen LogP contribution is -2.60. The number of methoxy groups -OCH3 is 1. The summed E-state index contributed by atoms with van der Waals surface area (Å²) in [5.74, 6) is -0.837. The molecule has 0 bridgehead atoms. The van der Waals surface area contributed by atoms with E-state index in [0.717, 1.165) is 5.56 Å². The molecule has 2 aromatic carbocycles. The predicted octanol–water partition coefficient (Wildman–Crippen LogP) is 3.79. The van der Waals surface area contributed by atoms with E-state index in [-0.39, 0.29) is 18.4 Å².